The zero-order valence-electron chi connectivity index (χ0n) is 15.2. The number of aryl methyl sites for hydroxylation is 1. The van der Waals surface area contributed by atoms with Gasteiger partial charge in [-0.25, -0.2) is 4.98 Å². The molecule has 0 atom stereocenters. The molecule has 0 aliphatic carbocycles. The Kier molecular flexibility index (Phi) is 5.12. The van der Waals surface area contributed by atoms with E-state index in [-0.39, 0.29) is 21.7 Å². The van der Waals surface area contributed by atoms with Gasteiger partial charge >= 0.3 is 6.36 Å². The quantitative estimate of drug-likeness (QED) is 0.446. The number of benzene rings is 2. The first kappa shape index (κ1) is 20.2. The molecule has 154 valence electrons. The summed E-state index contributed by atoms with van der Waals surface area (Å²) in [4.78, 5) is 21.4. The minimum atomic E-state index is -4.79. The topological polar surface area (TPSA) is 69.0 Å². The van der Waals surface area contributed by atoms with Crippen molar-refractivity contribution in [1.29, 1.82) is 0 Å². The van der Waals surface area contributed by atoms with E-state index in [1.54, 1.807) is 18.2 Å². The maximum Gasteiger partial charge on any atom is 0.573 e. The Bertz CT molecular complexity index is 1280. The molecule has 1 N–H and O–H groups in total. The number of fused-ring (bicyclic) bond motifs is 1. The van der Waals surface area contributed by atoms with Gasteiger partial charge in [0.15, 0.2) is 10.8 Å². The molecule has 6 nitrogen and oxygen atoms in total. The lowest BCUT2D eigenvalue weighted by Crippen LogP contribution is -2.19. The van der Waals surface area contributed by atoms with Crippen LogP contribution in [0.15, 0.2) is 53.6 Å². The van der Waals surface area contributed by atoms with Gasteiger partial charge < -0.3 is 10.1 Å². The second kappa shape index (κ2) is 7.62. The molecular weight excluding hydrogens is 441 g/mol. The molecule has 2 aromatic heterocycles. The van der Waals surface area contributed by atoms with Crippen molar-refractivity contribution in [3.05, 3.63) is 69.7 Å². The van der Waals surface area contributed by atoms with E-state index in [1.807, 2.05) is 13.0 Å². The number of nitrogens with zero attached hydrogens (tertiary/aromatic N) is 3. The summed E-state index contributed by atoms with van der Waals surface area (Å²) in [5, 5.41) is 3.58. The SMILES string of the molecule is Cc1cccc(Cl)c1-n1cnc2nc(Nc3cccc(OC(F)(F)F)c3)sc2c1=O. The number of thiazole rings is 1. The lowest BCUT2D eigenvalue weighted by atomic mass is 10.2. The molecule has 0 bridgehead atoms. The summed E-state index contributed by atoms with van der Waals surface area (Å²) in [5.41, 5.74) is 1.51. The summed E-state index contributed by atoms with van der Waals surface area (Å²) >= 11 is 7.29. The van der Waals surface area contributed by atoms with Crippen LogP contribution in [-0.2, 0) is 0 Å². The van der Waals surface area contributed by atoms with E-state index >= 15 is 0 Å². The first-order valence-electron chi connectivity index (χ1n) is 8.48. The lowest BCUT2D eigenvalue weighted by Gasteiger charge is -2.10. The molecule has 0 spiro atoms. The average Bonchev–Trinajstić information content (AvgIpc) is 3.05. The first-order valence-corrected chi connectivity index (χ1v) is 9.67. The molecule has 2 heterocycles. The summed E-state index contributed by atoms with van der Waals surface area (Å²) in [6.07, 6.45) is -3.44. The number of ether oxygens (including phenoxy) is 1. The van der Waals surface area contributed by atoms with Crippen molar-refractivity contribution in [3.63, 3.8) is 0 Å². The van der Waals surface area contributed by atoms with Crippen LogP contribution in [0.2, 0.25) is 5.02 Å². The predicted molar refractivity (Wildman–Crippen MR) is 109 cm³/mol. The average molecular weight is 453 g/mol. The fraction of sp³-hybridized carbons (Fsp3) is 0.105. The van der Waals surface area contributed by atoms with Crippen molar-refractivity contribution in [2.45, 2.75) is 13.3 Å². The van der Waals surface area contributed by atoms with Crippen LogP contribution in [0, 0.1) is 6.92 Å². The summed E-state index contributed by atoms with van der Waals surface area (Å²) in [5.74, 6) is -0.372. The normalized spacial score (nSPS) is 11.6. The van der Waals surface area contributed by atoms with Crippen LogP contribution >= 0.6 is 22.9 Å². The zero-order valence-corrected chi connectivity index (χ0v) is 16.8. The number of nitrogens with one attached hydrogen (secondary N) is 1. The van der Waals surface area contributed by atoms with E-state index in [0.717, 1.165) is 16.9 Å². The Morgan fingerprint density at radius 3 is 2.70 bits per heavy atom. The summed E-state index contributed by atoms with van der Waals surface area (Å²) < 4.78 is 42.8. The van der Waals surface area contributed by atoms with Gasteiger partial charge in [-0.3, -0.25) is 9.36 Å². The van der Waals surface area contributed by atoms with Crippen LogP contribution in [-0.4, -0.2) is 20.9 Å². The number of para-hydroxylation sites is 1. The number of halogens is 4. The van der Waals surface area contributed by atoms with E-state index in [9.17, 15) is 18.0 Å². The van der Waals surface area contributed by atoms with Gasteiger partial charge in [-0.2, -0.15) is 4.98 Å². The van der Waals surface area contributed by atoms with Gasteiger partial charge in [0.2, 0.25) is 0 Å². The largest absolute Gasteiger partial charge is 0.573 e. The third-order valence-corrected chi connectivity index (χ3v) is 5.32. The maximum atomic E-state index is 13.0. The second-order valence-corrected chi connectivity index (χ2v) is 7.60. The van der Waals surface area contributed by atoms with Crippen LogP contribution in [0.25, 0.3) is 16.0 Å². The van der Waals surface area contributed by atoms with Gasteiger partial charge in [0.05, 0.1) is 10.7 Å². The number of aromatic nitrogens is 3. The number of alkyl halides is 3. The van der Waals surface area contributed by atoms with E-state index in [1.165, 1.54) is 29.1 Å². The lowest BCUT2D eigenvalue weighted by molar-refractivity contribution is -0.274. The van der Waals surface area contributed by atoms with Gasteiger partial charge in [-0.05, 0) is 30.7 Å². The van der Waals surface area contributed by atoms with Gasteiger partial charge in [-0.15, -0.1) is 13.2 Å². The number of hydrogen-bond acceptors (Lipinski definition) is 6. The third kappa shape index (κ3) is 4.10. The first-order chi connectivity index (χ1) is 14.2. The molecule has 11 heteroatoms. The number of anilines is 2. The van der Waals surface area contributed by atoms with Crippen molar-refractivity contribution in [2.75, 3.05) is 5.32 Å². The van der Waals surface area contributed by atoms with Crippen LogP contribution < -0.4 is 15.6 Å². The molecule has 0 unspecified atom stereocenters. The minimum Gasteiger partial charge on any atom is -0.406 e. The van der Waals surface area contributed by atoms with Gasteiger partial charge in [0, 0.05) is 11.8 Å². The predicted octanol–water partition coefficient (Wildman–Crippen LogP) is 5.45. The van der Waals surface area contributed by atoms with Crippen molar-refractivity contribution in [1.82, 2.24) is 14.5 Å². The van der Waals surface area contributed by atoms with Gasteiger partial charge in [0.25, 0.3) is 5.56 Å². The highest BCUT2D eigenvalue weighted by Gasteiger charge is 2.31. The molecule has 4 rings (SSSR count). The molecule has 0 saturated carbocycles. The highest BCUT2D eigenvalue weighted by atomic mass is 35.5. The molecule has 30 heavy (non-hydrogen) atoms. The molecule has 2 aromatic carbocycles. The summed E-state index contributed by atoms with van der Waals surface area (Å²) in [6.45, 7) is 1.83. The van der Waals surface area contributed by atoms with Crippen LogP contribution in [0.5, 0.6) is 5.75 Å². The Labute approximate surface area is 176 Å². The Hall–Kier alpha value is -3.11. The molecule has 0 aliphatic heterocycles. The Balaban J connectivity index is 1.69. The van der Waals surface area contributed by atoms with Crippen molar-refractivity contribution < 1.29 is 17.9 Å². The monoisotopic (exact) mass is 452 g/mol. The van der Waals surface area contributed by atoms with Crippen molar-refractivity contribution >= 4 is 44.1 Å². The van der Waals surface area contributed by atoms with Crippen molar-refractivity contribution in [2.24, 2.45) is 0 Å². The van der Waals surface area contributed by atoms with E-state index in [2.05, 4.69) is 20.0 Å². The Morgan fingerprint density at radius 2 is 1.97 bits per heavy atom. The maximum absolute atomic E-state index is 13.0. The van der Waals surface area contributed by atoms with E-state index in [0.29, 0.717) is 21.5 Å². The molecule has 0 radical (unpaired) electrons. The van der Waals surface area contributed by atoms with Crippen LogP contribution in [0.1, 0.15) is 5.56 Å². The van der Waals surface area contributed by atoms with Gasteiger partial charge in [0.1, 0.15) is 16.8 Å². The van der Waals surface area contributed by atoms with Crippen molar-refractivity contribution in [3.8, 4) is 11.4 Å². The minimum absolute atomic E-state index is 0.219. The standard InChI is InChI=1S/C19H12ClF3N4O2S/c1-10-4-2-7-13(20)14(10)27-9-24-16-15(17(27)28)30-18(26-16)25-11-5-3-6-12(8-11)29-19(21,22)23/h2-9H,1H3,(H,25,26). The van der Waals surface area contributed by atoms with Crippen LogP contribution in [0.3, 0.4) is 0 Å². The van der Waals surface area contributed by atoms with E-state index in [4.69, 9.17) is 11.6 Å². The molecule has 0 amide bonds. The number of rotatable bonds is 4. The molecule has 0 saturated heterocycles. The molecule has 0 fully saturated rings. The Morgan fingerprint density at radius 1 is 1.20 bits per heavy atom. The third-order valence-electron chi connectivity index (χ3n) is 4.07. The highest BCUT2D eigenvalue weighted by Crippen LogP contribution is 2.30. The summed E-state index contributed by atoms with van der Waals surface area (Å²) in [7, 11) is 0. The fourth-order valence-corrected chi connectivity index (χ4v) is 4.03. The smallest absolute Gasteiger partial charge is 0.406 e. The summed E-state index contributed by atoms with van der Waals surface area (Å²) in [6, 6.07) is 10.6. The molecule has 4 aromatic rings. The number of hydrogen-bond donors (Lipinski definition) is 1. The second-order valence-electron chi connectivity index (χ2n) is 6.20. The van der Waals surface area contributed by atoms with E-state index < -0.39 is 6.36 Å². The van der Waals surface area contributed by atoms with Gasteiger partial charge in [-0.1, -0.05) is 41.1 Å². The van der Waals surface area contributed by atoms with Crippen LogP contribution in [0.4, 0.5) is 24.0 Å². The highest BCUT2D eigenvalue weighted by molar-refractivity contribution is 7.22. The fourth-order valence-electron chi connectivity index (χ4n) is 2.85. The molecule has 0 aliphatic rings. The molecular formula is C19H12ClF3N4O2S. The zero-order chi connectivity index (χ0) is 21.5.